The molecule has 1 N–H and O–H groups in total. The molecule has 0 aliphatic carbocycles. The summed E-state index contributed by atoms with van der Waals surface area (Å²) >= 11 is 1.10. The Morgan fingerprint density at radius 2 is 1.97 bits per heavy atom. The minimum atomic E-state index is -0.924. The fourth-order valence-corrected chi connectivity index (χ4v) is 3.76. The van der Waals surface area contributed by atoms with E-state index in [4.69, 9.17) is 4.42 Å². The van der Waals surface area contributed by atoms with Crippen molar-refractivity contribution in [2.45, 2.75) is 52.6 Å². The molecule has 0 aliphatic rings. The lowest BCUT2D eigenvalue weighted by molar-refractivity contribution is -0.128. The van der Waals surface area contributed by atoms with Crippen LogP contribution in [0.4, 0.5) is 0 Å². The Balaban J connectivity index is 1.99. The molecule has 1 atom stereocenters. The van der Waals surface area contributed by atoms with Crippen molar-refractivity contribution in [1.82, 2.24) is 19.8 Å². The van der Waals surface area contributed by atoms with Crippen LogP contribution in [0.15, 0.2) is 46.2 Å². The Kier molecular flexibility index (Phi) is 6.90. The van der Waals surface area contributed by atoms with Crippen molar-refractivity contribution in [3.63, 3.8) is 0 Å². The lowest BCUT2D eigenvalue weighted by atomic mass is 10.0. The molecule has 0 saturated carbocycles. The molecule has 0 saturated heterocycles. The van der Waals surface area contributed by atoms with Gasteiger partial charge in [0, 0.05) is 17.5 Å². The number of nitrogens with zero attached hydrogens (tertiary/aromatic N) is 3. The molecule has 0 spiro atoms. The first-order chi connectivity index (χ1) is 14.6. The van der Waals surface area contributed by atoms with Crippen LogP contribution in [-0.4, -0.2) is 38.4 Å². The van der Waals surface area contributed by atoms with Gasteiger partial charge in [-0.1, -0.05) is 34.3 Å². The molecule has 3 aromatic rings. The van der Waals surface area contributed by atoms with Gasteiger partial charge in [0.15, 0.2) is 11.7 Å². The van der Waals surface area contributed by atoms with Gasteiger partial charge in [-0.05, 0) is 70.3 Å². The number of benzene rings is 1. The van der Waals surface area contributed by atoms with E-state index in [-0.39, 0.29) is 17.5 Å². The van der Waals surface area contributed by atoms with Crippen LogP contribution in [0.3, 0.4) is 0 Å². The molecule has 164 valence electrons. The maximum absolute atomic E-state index is 13.4. The summed E-state index contributed by atoms with van der Waals surface area (Å²) in [6, 6.07) is 10.7. The van der Waals surface area contributed by atoms with E-state index < -0.39 is 11.6 Å². The Morgan fingerprint density at radius 3 is 2.55 bits per heavy atom. The monoisotopic (exact) mass is 440 g/mol. The Bertz CT molecular complexity index is 1040. The quantitative estimate of drug-likeness (QED) is 0.598. The Labute approximate surface area is 186 Å². The number of nitrogens with one attached hydrogen (secondary N) is 1. The van der Waals surface area contributed by atoms with E-state index in [9.17, 15) is 9.59 Å². The summed E-state index contributed by atoms with van der Waals surface area (Å²) in [7, 11) is 0. The van der Waals surface area contributed by atoms with Gasteiger partial charge in [-0.3, -0.25) is 9.59 Å². The van der Waals surface area contributed by atoms with E-state index in [1.165, 1.54) is 4.90 Å². The summed E-state index contributed by atoms with van der Waals surface area (Å²) in [4.78, 5) is 28.3. The molecule has 2 amide bonds. The molecule has 8 heteroatoms. The van der Waals surface area contributed by atoms with E-state index in [0.29, 0.717) is 24.5 Å². The third-order valence-corrected chi connectivity index (χ3v) is 5.16. The number of hydrogen-bond acceptors (Lipinski definition) is 6. The summed E-state index contributed by atoms with van der Waals surface area (Å²) in [6.45, 7) is 9.86. The van der Waals surface area contributed by atoms with Gasteiger partial charge in [0.1, 0.15) is 11.5 Å². The highest BCUT2D eigenvalue weighted by atomic mass is 32.1. The standard InChI is InChI=1S/C23H28N4O3S/c1-15-7-6-8-17(13-15)11-12-27(22(29)18-14-31-26-25-18)20(19-10-9-16(2)30-19)21(28)24-23(3,4)5/h6-10,13-14,20H,11-12H2,1-5H3,(H,24,28). The van der Waals surface area contributed by atoms with Gasteiger partial charge >= 0.3 is 0 Å². The summed E-state index contributed by atoms with van der Waals surface area (Å²) in [5, 5.41) is 8.52. The number of aryl methyl sites for hydroxylation is 2. The van der Waals surface area contributed by atoms with Gasteiger partial charge in [-0.25, -0.2) is 0 Å². The molecule has 0 fully saturated rings. The van der Waals surface area contributed by atoms with Crippen molar-refractivity contribution >= 4 is 23.3 Å². The van der Waals surface area contributed by atoms with Gasteiger partial charge < -0.3 is 14.6 Å². The molecule has 0 aliphatic heterocycles. The highest BCUT2D eigenvalue weighted by molar-refractivity contribution is 7.03. The van der Waals surface area contributed by atoms with Gasteiger partial charge in [-0.2, -0.15) is 0 Å². The van der Waals surface area contributed by atoms with E-state index in [1.54, 1.807) is 17.5 Å². The van der Waals surface area contributed by atoms with Crippen molar-refractivity contribution in [3.05, 3.63) is 70.1 Å². The van der Waals surface area contributed by atoms with Crippen LogP contribution in [0.2, 0.25) is 0 Å². The smallest absolute Gasteiger partial charge is 0.276 e. The third-order valence-electron chi connectivity index (χ3n) is 4.65. The third kappa shape index (κ3) is 6.01. The predicted octanol–water partition coefficient (Wildman–Crippen LogP) is 4.09. The second-order valence-electron chi connectivity index (χ2n) is 8.62. The van der Waals surface area contributed by atoms with E-state index >= 15 is 0 Å². The fourth-order valence-electron chi connectivity index (χ4n) is 3.33. The largest absolute Gasteiger partial charge is 0.464 e. The molecular weight excluding hydrogens is 412 g/mol. The number of carbonyl (C=O) groups excluding carboxylic acids is 2. The van der Waals surface area contributed by atoms with Crippen molar-refractivity contribution in [1.29, 1.82) is 0 Å². The van der Waals surface area contributed by atoms with Crippen LogP contribution in [-0.2, 0) is 11.2 Å². The minimum absolute atomic E-state index is 0.214. The van der Waals surface area contributed by atoms with Crippen molar-refractivity contribution in [2.75, 3.05) is 6.54 Å². The predicted molar refractivity (Wildman–Crippen MR) is 120 cm³/mol. The highest BCUT2D eigenvalue weighted by Gasteiger charge is 2.36. The zero-order valence-corrected chi connectivity index (χ0v) is 19.3. The number of furan rings is 1. The molecule has 2 heterocycles. The summed E-state index contributed by atoms with van der Waals surface area (Å²) < 4.78 is 9.63. The van der Waals surface area contributed by atoms with Crippen LogP contribution >= 0.6 is 11.5 Å². The van der Waals surface area contributed by atoms with Crippen LogP contribution < -0.4 is 5.32 Å². The van der Waals surface area contributed by atoms with Gasteiger partial charge in [-0.15, -0.1) is 5.10 Å². The number of carbonyl (C=O) groups is 2. The van der Waals surface area contributed by atoms with Crippen LogP contribution in [0.5, 0.6) is 0 Å². The molecule has 1 aromatic carbocycles. The summed E-state index contributed by atoms with van der Waals surface area (Å²) in [6.07, 6.45) is 0.587. The van der Waals surface area contributed by atoms with Crippen molar-refractivity contribution < 1.29 is 14.0 Å². The number of rotatable bonds is 7. The van der Waals surface area contributed by atoms with Crippen LogP contribution in [0, 0.1) is 13.8 Å². The summed E-state index contributed by atoms with van der Waals surface area (Å²) in [5.74, 6) is 0.428. The second kappa shape index (κ2) is 9.43. The molecule has 2 aromatic heterocycles. The lowest BCUT2D eigenvalue weighted by Gasteiger charge is -2.32. The normalized spacial score (nSPS) is 12.4. The number of hydrogen-bond donors (Lipinski definition) is 1. The average Bonchev–Trinajstić information content (AvgIpc) is 3.35. The first-order valence-electron chi connectivity index (χ1n) is 10.2. The van der Waals surface area contributed by atoms with Crippen molar-refractivity contribution in [2.24, 2.45) is 0 Å². The maximum atomic E-state index is 13.4. The minimum Gasteiger partial charge on any atom is -0.464 e. The van der Waals surface area contributed by atoms with Crippen molar-refractivity contribution in [3.8, 4) is 0 Å². The van der Waals surface area contributed by atoms with E-state index in [0.717, 1.165) is 22.7 Å². The van der Waals surface area contributed by atoms with E-state index in [1.807, 2.05) is 52.8 Å². The first-order valence-corrected chi connectivity index (χ1v) is 11.0. The number of aromatic nitrogens is 2. The van der Waals surface area contributed by atoms with Crippen LogP contribution in [0.25, 0.3) is 0 Å². The topological polar surface area (TPSA) is 88.3 Å². The number of amides is 2. The highest BCUT2D eigenvalue weighted by Crippen LogP contribution is 2.26. The molecule has 0 bridgehead atoms. The maximum Gasteiger partial charge on any atom is 0.276 e. The van der Waals surface area contributed by atoms with Gasteiger partial charge in [0.2, 0.25) is 0 Å². The molecule has 0 radical (unpaired) electrons. The Morgan fingerprint density at radius 1 is 1.19 bits per heavy atom. The molecule has 3 rings (SSSR count). The van der Waals surface area contributed by atoms with Gasteiger partial charge in [0.05, 0.1) is 0 Å². The summed E-state index contributed by atoms with van der Waals surface area (Å²) in [5.41, 5.74) is 1.97. The molecule has 31 heavy (non-hydrogen) atoms. The second-order valence-corrected chi connectivity index (χ2v) is 9.23. The zero-order chi connectivity index (χ0) is 22.6. The molecule has 7 nitrogen and oxygen atoms in total. The molecule has 1 unspecified atom stereocenters. The SMILES string of the molecule is Cc1cccc(CCN(C(=O)c2csnn2)C(C(=O)NC(C)(C)C)c2ccc(C)o2)c1. The average molecular weight is 441 g/mol. The van der Waals surface area contributed by atoms with Crippen LogP contribution in [0.1, 0.15) is 59.9 Å². The van der Waals surface area contributed by atoms with Gasteiger partial charge in [0.25, 0.3) is 11.8 Å². The van der Waals surface area contributed by atoms with E-state index in [2.05, 4.69) is 21.0 Å². The zero-order valence-electron chi connectivity index (χ0n) is 18.5. The Hall–Kier alpha value is -3.00. The lowest BCUT2D eigenvalue weighted by Crippen LogP contribution is -2.49. The molecular formula is C23H28N4O3S. The fraction of sp³-hybridized carbons (Fsp3) is 0.391. The first kappa shape index (κ1) is 22.7.